The van der Waals surface area contributed by atoms with Gasteiger partial charge in [-0.2, -0.15) is 10.4 Å². The van der Waals surface area contributed by atoms with Crippen LogP contribution in [0.1, 0.15) is 24.0 Å². The van der Waals surface area contributed by atoms with Crippen LogP contribution in [0.4, 0.5) is 0 Å². The highest BCUT2D eigenvalue weighted by Gasteiger charge is 2.19. The maximum Gasteiger partial charge on any atom is 0.261 e. The van der Waals surface area contributed by atoms with E-state index in [2.05, 4.69) is 10.5 Å². The molecule has 3 aromatic rings. The van der Waals surface area contributed by atoms with Gasteiger partial charge in [-0.1, -0.05) is 42.5 Å². The van der Waals surface area contributed by atoms with Crippen LogP contribution in [0.5, 0.6) is 23.0 Å². The largest absolute Gasteiger partial charge is 0.493 e. The minimum atomic E-state index is -0.943. The van der Waals surface area contributed by atoms with Gasteiger partial charge in [-0.3, -0.25) is 4.79 Å². The number of nitriles is 1. The highest BCUT2D eigenvalue weighted by Crippen LogP contribution is 2.29. The smallest absolute Gasteiger partial charge is 0.261 e. The fourth-order valence-corrected chi connectivity index (χ4v) is 3.20. The third kappa shape index (κ3) is 7.24. The second-order valence-corrected chi connectivity index (χ2v) is 7.19. The van der Waals surface area contributed by atoms with E-state index in [4.69, 9.17) is 18.9 Å². The second kappa shape index (κ2) is 13.3. The van der Waals surface area contributed by atoms with Gasteiger partial charge in [0.05, 0.1) is 26.0 Å². The zero-order valence-corrected chi connectivity index (χ0v) is 19.6. The SMILES string of the molecule is CCOc1cc(/C=N\NC(=O)[C@@H](C#N)c2ccccc2)ccc1OCCOc1ccccc1OC. The lowest BCUT2D eigenvalue weighted by atomic mass is 10.0. The molecule has 0 saturated heterocycles. The Kier molecular flexibility index (Phi) is 9.52. The summed E-state index contributed by atoms with van der Waals surface area (Å²) < 4.78 is 22.5. The zero-order valence-electron chi connectivity index (χ0n) is 19.6. The number of carbonyl (C=O) groups excluding carboxylic acids is 1. The second-order valence-electron chi connectivity index (χ2n) is 7.19. The molecule has 1 atom stereocenters. The predicted octanol–water partition coefficient (Wildman–Crippen LogP) is 4.31. The average molecular weight is 474 g/mol. The monoisotopic (exact) mass is 473 g/mol. The summed E-state index contributed by atoms with van der Waals surface area (Å²) in [5.41, 5.74) is 3.73. The van der Waals surface area contributed by atoms with Gasteiger partial charge >= 0.3 is 0 Å². The summed E-state index contributed by atoms with van der Waals surface area (Å²) in [5.74, 6) is 0.951. The van der Waals surface area contributed by atoms with Crippen LogP contribution in [0.2, 0.25) is 0 Å². The molecule has 0 aliphatic carbocycles. The molecule has 0 aliphatic rings. The van der Waals surface area contributed by atoms with Crippen molar-refractivity contribution in [2.24, 2.45) is 5.10 Å². The van der Waals surface area contributed by atoms with Crippen molar-refractivity contribution in [3.63, 3.8) is 0 Å². The van der Waals surface area contributed by atoms with Crippen LogP contribution in [0.3, 0.4) is 0 Å². The molecule has 8 nitrogen and oxygen atoms in total. The highest BCUT2D eigenvalue weighted by atomic mass is 16.5. The molecule has 1 amide bonds. The van der Waals surface area contributed by atoms with Crippen LogP contribution in [0.15, 0.2) is 77.9 Å². The average Bonchev–Trinajstić information content (AvgIpc) is 2.89. The number of nitrogens with one attached hydrogen (secondary N) is 1. The summed E-state index contributed by atoms with van der Waals surface area (Å²) in [7, 11) is 1.59. The topological polar surface area (TPSA) is 102 Å². The molecule has 35 heavy (non-hydrogen) atoms. The summed E-state index contributed by atoms with van der Waals surface area (Å²) in [6, 6.07) is 23.5. The van der Waals surface area contributed by atoms with Crippen molar-refractivity contribution in [2.45, 2.75) is 12.8 Å². The Balaban J connectivity index is 1.57. The Morgan fingerprint density at radius 2 is 1.60 bits per heavy atom. The van der Waals surface area contributed by atoms with Gasteiger partial charge in [0.2, 0.25) is 0 Å². The molecule has 0 bridgehead atoms. The van der Waals surface area contributed by atoms with Crippen LogP contribution in [0.25, 0.3) is 0 Å². The number of hydrazone groups is 1. The molecule has 0 saturated carbocycles. The number of hydrogen-bond acceptors (Lipinski definition) is 7. The summed E-state index contributed by atoms with van der Waals surface area (Å²) in [5, 5.41) is 13.4. The third-order valence-corrected chi connectivity index (χ3v) is 4.85. The van der Waals surface area contributed by atoms with E-state index >= 15 is 0 Å². The van der Waals surface area contributed by atoms with Crippen molar-refractivity contribution >= 4 is 12.1 Å². The van der Waals surface area contributed by atoms with Crippen molar-refractivity contribution in [2.75, 3.05) is 26.9 Å². The predicted molar refractivity (Wildman–Crippen MR) is 132 cm³/mol. The summed E-state index contributed by atoms with van der Waals surface area (Å²) in [4.78, 5) is 12.4. The minimum absolute atomic E-state index is 0.302. The van der Waals surface area contributed by atoms with Gasteiger partial charge in [0, 0.05) is 0 Å². The summed E-state index contributed by atoms with van der Waals surface area (Å²) in [6.07, 6.45) is 1.48. The Bertz CT molecular complexity index is 1170. The molecule has 0 unspecified atom stereocenters. The molecule has 0 radical (unpaired) electrons. The Morgan fingerprint density at radius 1 is 0.943 bits per heavy atom. The fraction of sp³-hybridized carbons (Fsp3) is 0.222. The normalized spacial score (nSPS) is 11.3. The minimum Gasteiger partial charge on any atom is -0.493 e. The molecule has 3 rings (SSSR count). The molecule has 3 aromatic carbocycles. The lowest BCUT2D eigenvalue weighted by molar-refractivity contribution is -0.121. The van der Waals surface area contributed by atoms with Crippen molar-refractivity contribution in [3.8, 4) is 29.1 Å². The van der Waals surface area contributed by atoms with E-state index in [9.17, 15) is 10.1 Å². The molecule has 0 spiro atoms. The number of hydrogen-bond donors (Lipinski definition) is 1. The summed E-state index contributed by atoms with van der Waals surface area (Å²) >= 11 is 0. The van der Waals surface area contributed by atoms with Crippen LogP contribution >= 0.6 is 0 Å². The van der Waals surface area contributed by atoms with E-state index in [-0.39, 0.29) is 0 Å². The first kappa shape index (κ1) is 25.1. The standard InChI is InChI=1S/C27H27N3O5/c1-3-33-26-17-20(19-29-30-27(31)22(18-28)21-9-5-4-6-10-21)13-14-25(26)35-16-15-34-24-12-8-7-11-23(24)32-2/h4-14,17,19,22H,3,15-16H2,1-2H3,(H,30,31)/b29-19-/t22-/m0/s1. The maximum absolute atomic E-state index is 12.4. The molecular formula is C27H27N3O5. The maximum atomic E-state index is 12.4. The first-order valence-electron chi connectivity index (χ1n) is 11.1. The molecule has 180 valence electrons. The Labute approximate surface area is 204 Å². The Morgan fingerprint density at radius 3 is 2.26 bits per heavy atom. The molecule has 8 heteroatoms. The van der Waals surface area contributed by atoms with E-state index in [1.165, 1.54) is 6.21 Å². The van der Waals surface area contributed by atoms with Crippen LogP contribution < -0.4 is 24.4 Å². The van der Waals surface area contributed by atoms with Crippen LogP contribution in [0, 0.1) is 11.3 Å². The van der Waals surface area contributed by atoms with Gasteiger partial charge in [0.1, 0.15) is 13.2 Å². The number of rotatable bonds is 12. The van der Waals surface area contributed by atoms with Gasteiger partial charge in [-0.25, -0.2) is 5.43 Å². The first-order chi connectivity index (χ1) is 17.2. The molecule has 0 aromatic heterocycles. The molecule has 0 heterocycles. The Hall–Kier alpha value is -4.51. The van der Waals surface area contributed by atoms with E-state index < -0.39 is 11.8 Å². The number of amides is 1. The van der Waals surface area contributed by atoms with Gasteiger partial charge < -0.3 is 18.9 Å². The molecule has 0 fully saturated rings. The quantitative estimate of drug-likeness (QED) is 0.239. The van der Waals surface area contributed by atoms with E-state index in [0.717, 1.165) is 0 Å². The lowest BCUT2D eigenvalue weighted by Gasteiger charge is -2.14. The van der Waals surface area contributed by atoms with E-state index in [1.54, 1.807) is 49.6 Å². The van der Waals surface area contributed by atoms with Crippen LogP contribution in [-0.4, -0.2) is 39.1 Å². The summed E-state index contributed by atoms with van der Waals surface area (Å²) in [6.45, 7) is 2.95. The number of para-hydroxylation sites is 2. The van der Waals surface area contributed by atoms with Crippen molar-refractivity contribution in [1.29, 1.82) is 5.26 Å². The fourth-order valence-electron chi connectivity index (χ4n) is 3.20. The van der Waals surface area contributed by atoms with Crippen molar-refractivity contribution in [1.82, 2.24) is 5.43 Å². The molecule has 0 aliphatic heterocycles. The third-order valence-electron chi connectivity index (χ3n) is 4.85. The highest BCUT2D eigenvalue weighted by molar-refractivity contribution is 5.88. The van der Waals surface area contributed by atoms with Crippen LogP contribution in [-0.2, 0) is 4.79 Å². The van der Waals surface area contributed by atoms with E-state index in [1.807, 2.05) is 43.3 Å². The van der Waals surface area contributed by atoms with Crippen molar-refractivity contribution < 1.29 is 23.7 Å². The van der Waals surface area contributed by atoms with E-state index in [0.29, 0.717) is 53.9 Å². The number of methoxy groups -OCH3 is 1. The number of benzene rings is 3. The number of carbonyl (C=O) groups is 1. The van der Waals surface area contributed by atoms with Gasteiger partial charge in [0.25, 0.3) is 5.91 Å². The molecular weight excluding hydrogens is 446 g/mol. The van der Waals surface area contributed by atoms with Crippen molar-refractivity contribution in [3.05, 3.63) is 83.9 Å². The number of ether oxygens (including phenoxy) is 4. The zero-order chi connectivity index (χ0) is 24.9. The number of nitrogens with zero attached hydrogens (tertiary/aromatic N) is 2. The van der Waals surface area contributed by atoms with Gasteiger partial charge in [-0.15, -0.1) is 0 Å². The first-order valence-corrected chi connectivity index (χ1v) is 11.1. The lowest BCUT2D eigenvalue weighted by Crippen LogP contribution is -2.24. The van der Waals surface area contributed by atoms with Gasteiger partial charge in [-0.05, 0) is 48.4 Å². The molecule has 1 N–H and O–H groups in total. The van der Waals surface area contributed by atoms with Gasteiger partial charge in [0.15, 0.2) is 28.9 Å².